The highest BCUT2D eigenvalue weighted by atomic mass is 79.9. The Labute approximate surface area is 213 Å². The van der Waals surface area contributed by atoms with E-state index in [0.717, 1.165) is 6.42 Å². The van der Waals surface area contributed by atoms with Crippen LogP contribution in [-0.4, -0.2) is 23.5 Å². The van der Waals surface area contributed by atoms with E-state index in [1.54, 1.807) is 54.6 Å². The SMILES string of the molecule is CC(C)CCOc1ccc(C(=O)NC(=S)Nc2ccc(NC(=O)c3ccccc3)cc2)cc1Br. The third kappa shape index (κ3) is 7.67. The van der Waals surface area contributed by atoms with Gasteiger partial charge in [-0.05, 0) is 95.1 Å². The van der Waals surface area contributed by atoms with Crippen LogP contribution in [0.3, 0.4) is 0 Å². The van der Waals surface area contributed by atoms with Gasteiger partial charge in [0.2, 0.25) is 0 Å². The first-order valence-electron chi connectivity index (χ1n) is 10.8. The summed E-state index contributed by atoms with van der Waals surface area (Å²) in [5.74, 6) is 0.726. The first-order chi connectivity index (χ1) is 16.3. The lowest BCUT2D eigenvalue weighted by Gasteiger charge is -2.12. The van der Waals surface area contributed by atoms with Crippen molar-refractivity contribution in [1.82, 2.24) is 5.32 Å². The number of nitrogens with one attached hydrogen (secondary N) is 3. The Hall–Kier alpha value is -3.23. The first-order valence-corrected chi connectivity index (χ1v) is 12.0. The van der Waals surface area contributed by atoms with E-state index in [-0.39, 0.29) is 16.9 Å². The lowest BCUT2D eigenvalue weighted by Crippen LogP contribution is -2.34. The van der Waals surface area contributed by atoms with E-state index in [1.807, 2.05) is 18.2 Å². The van der Waals surface area contributed by atoms with E-state index in [4.69, 9.17) is 17.0 Å². The molecule has 2 amide bonds. The molecule has 0 fully saturated rings. The second kappa shape index (κ2) is 12.3. The van der Waals surface area contributed by atoms with Crippen LogP contribution in [0.5, 0.6) is 5.75 Å². The molecule has 3 aromatic carbocycles. The van der Waals surface area contributed by atoms with Gasteiger partial charge in [-0.3, -0.25) is 14.9 Å². The molecule has 3 N–H and O–H groups in total. The Bertz CT molecular complexity index is 1150. The van der Waals surface area contributed by atoms with E-state index in [9.17, 15) is 9.59 Å². The van der Waals surface area contributed by atoms with Gasteiger partial charge in [-0.25, -0.2) is 0 Å². The smallest absolute Gasteiger partial charge is 0.257 e. The van der Waals surface area contributed by atoms with Crippen LogP contribution >= 0.6 is 28.1 Å². The minimum Gasteiger partial charge on any atom is -0.492 e. The van der Waals surface area contributed by atoms with Gasteiger partial charge in [-0.1, -0.05) is 32.0 Å². The Morgan fingerprint density at radius 2 is 1.53 bits per heavy atom. The maximum absolute atomic E-state index is 12.6. The van der Waals surface area contributed by atoms with Crippen LogP contribution in [0.2, 0.25) is 0 Å². The summed E-state index contributed by atoms with van der Waals surface area (Å²) < 4.78 is 6.46. The zero-order chi connectivity index (χ0) is 24.5. The largest absolute Gasteiger partial charge is 0.492 e. The number of benzene rings is 3. The van der Waals surface area contributed by atoms with Crippen molar-refractivity contribution in [2.24, 2.45) is 5.92 Å². The average Bonchev–Trinajstić information content (AvgIpc) is 2.81. The van der Waals surface area contributed by atoms with Gasteiger partial charge in [0.25, 0.3) is 11.8 Å². The second-order valence-corrected chi connectivity index (χ2v) is 9.24. The minimum atomic E-state index is -0.335. The molecule has 0 aliphatic carbocycles. The summed E-state index contributed by atoms with van der Waals surface area (Å²) in [5.41, 5.74) is 2.36. The summed E-state index contributed by atoms with van der Waals surface area (Å²) >= 11 is 8.73. The molecule has 176 valence electrons. The number of amides is 2. The summed E-state index contributed by atoms with van der Waals surface area (Å²) in [5, 5.41) is 8.64. The molecule has 0 heterocycles. The summed E-state index contributed by atoms with van der Waals surface area (Å²) in [4.78, 5) is 24.8. The third-order valence-electron chi connectivity index (χ3n) is 4.81. The lowest BCUT2D eigenvalue weighted by atomic mass is 10.1. The molecule has 0 bridgehead atoms. The molecule has 8 heteroatoms. The molecule has 0 radical (unpaired) electrons. The first kappa shape index (κ1) is 25.4. The van der Waals surface area contributed by atoms with Gasteiger partial charge >= 0.3 is 0 Å². The van der Waals surface area contributed by atoms with Crippen molar-refractivity contribution in [2.45, 2.75) is 20.3 Å². The molecule has 0 saturated carbocycles. The van der Waals surface area contributed by atoms with Crippen LogP contribution in [0, 0.1) is 5.92 Å². The number of halogens is 1. The van der Waals surface area contributed by atoms with Crippen molar-refractivity contribution in [3.05, 3.63) is 88.4 Å². The van der Waals surface area contributed by atoms with Crippen LogP contribution < -0.4 is 20.7 Å². The monoisotopic (exact) mass is 539 g/mol. The maximum atomic E-state index is 12.6. The van der Waals surface area contributed by atoms with Gasteiger partial charge in [0.15, 0.2) is 5.11 Å². The number of rotatable bonds is 8. The van der Waals surface area contributed by atoms with Crippen molar-refractivity contribution in [3.63, 3.8) is 0 Å². The predicted octanol–water partition coefficient (Wildman–Crippen LogP) is 6.25. The molecule has 0 atom stereocenters. The molecule has 0 aliphatic rings. The average molecular weight is 540 g/mol. The van der Waals surface area contributed by atoms with Crippen LogP contribution in [0.1, 0.15) is 41.0 Å². The van der Waals surface area contributed by atoms with Gasteiger partial charge in [-0.2, -0.15) is 0 Å². The van der Waals surface area contributed by atoms with E-state index in [1.165, 1.54) is 0 Å². The molecule has 34 heavy (non-hydrogen) atoms. The molecule has 3 rings (SSSR count). The number of thiocarbonyl (C=S) groups is 1. The number of anilines is 2. The molecule has 0 aliphatic heterocycles. The van der Waals surface area contributed by atoms with Crippen LogP contribution in [-0.2, 0) is 0 Å². The lowest BCUT2D eigenvalue weighted by molar-refractivity contribution is 0.0976. The third-order valence-corrected chi connectivity index (χ3v) is 5.63. The summed E-state index contributed by atoms with van der Waals surface area (Å²) in [6, 6.07) is 21.2. The highest BCUT2D eigenvalue weighted by Crippen LogP contribution is 2.26. The fourth-order valence-corrected chi connectivity index (χ4v) is 3.63. The van der Waals surface area contributed by atoms with E-state index in [2.05, 4.69) is 45.7 Å². The van der Waals surface area contributed by atoms with Gasteiger partial charge in [0.1, 0.15) is 5.75 Å². The number of hydrogen-bond donors (Lipinski definition) is 3. The normalized spacial score (nSPS) is 10.5. The topological polar surface area (TPSA) is 79.5 Å². The number of carbonyl (C=O) groups is 2. The zero-order valence-electron chi connectivity index (χ0n) is 18.9. The number of hydrogen-bond acceptors (Lipinski definition) is 4. The molecular weight excluding hydrogens is 514 g/mol. The molecule has 3 aromatic rings. The van der Waals surface area contributed by atoms with E-state index in [0.29, 0.717) is 45.2 Å². The standard InChI is InChI=1S/C26H26BrN3O3S/c1-17(2)14-15-33-23-13-8-19(16-22(23)27)25(32)30-26(34)29-21-11-9-20(10-12-21)28-24(31)18-6-4-3-5-7-18/h3-13,16-17H,14-15H2,1-2H3,(H,28,31)(H2,29,30,32,34). The van der Waals surface area contributed by atoms with Gasteiger partial charge in [-0.15, -0.1) is 0 Å². The van der Waals surface area contributed by atoms with Crippen LogP contribution in [0.15, 0.2) is 77.3 Å². The quantitative estimate of drug-likeness (QED) is 0.294. The number of ether oxygens (including phenoxy) is 1. The molecular formula is C26H26BrN3O3S. The van der Waals surface area contributed by atoms with Gasteiger partial charge < -0.3 is 15.4 Å². The highest BCUT2D eigenvalue weighted by Gasteiger charge is 2.12. The maximum Gasteiger partial charge on any atom is 0.257 e. The Morgan fingerprint density at radius 3 is 2.15 bits per heavy atom. The van der Waals surface area contributed by atoms with Crippen LogP contribution in [0.25, 0.3) is 0 Å². The summed E-state index contributed by atoms with van der Waals surface area (Å²) in [7, 11) is 0. The second-order valence-electron chi connectivity index (χ2n) is 7.98. The zero-order valence-corrected chi connectivity index (χ0v) is 21.3. The highest BCUT2D eigenvalue weighted by molar-refractivity contribution is 9.10. The van der Waals surface area contributed by atoms with Gasteiger partial charge in [0.05, 0.1) is 11.1 Å². The van der Waals surface area contributed by atoms with Crippen LogP contribution in [0.4, 0.5) is 11.4 Å². The molecule has 0 aromatic heterocycles. The van der Waals surface area contributed by atoms with Crippen molar-refractivity contribution in [2.75, 3.05) is 17.2 Å². The fourth-order valence-electron chi connectivity index (χ4n) is 2.93. The fraction of sp³-hybridized carbons (Fsp3) is 0.192. The summed E-state index contributed by atoms with van der Waals surface area (Å²) in [6.45, 7) is 4.90. The predicted molar refractivity (Wildman–Crippen MR) is 144 cm³/mol. The van der Waals surface area contributed by atoms with Gasteiger partial charge in [0, 0.05) is 22.5 Å². The van der Waals surface area contributed by atoms with E-state index < -0.39 is 0 Å². The van der Waals surface area contributed by atoms with E-state index >= 15 is 0 Å². The molecule has 0 saturated heterocycles. The van der Waals surface area contributed by atoms with Crippen molar-refractivity contribution in [1.29, 1.82) is 0 Å². The molecule has 0 spiro atoms. The summed E-state index contributed by atoms with van der Waals surface area (Å²) in [6.07, 6.45) is 0.953. The number of carbonyl (C=O) groups excluding carboxylic acids is 2. The Morgan fingerprint density at radius 1 is 0.882 bits per heavy atom. The minimum absolute atomic E-state index is 0.166. The molecule has 6 nitrogen and oxygen atoms in total. The Balaban J connectivity index is 1.51. The van der Waals surface area contributed by atoms with Crippen molar-refractivity contribution in [3.8, 4) is 5.75 Å². The molecule has 0 unspecified atom stereocenters. The Kier molecular flexibility index (Phi) is 9.18. The van der Waals surface area contributed by atoms with Crippen molar-refractivity contribution >= 4 is 56.4 Å². The van der Waals surface area contributed by atoms with Crippen molar-refractivity contribution < 1.29 is 14.3 Å².